The number of aromatic hydroxyl groups is 1. The molecule has 4 rings (SSSR count). The monoisotopic (exact) mass is 389 g/mol. The summed E-state index contributed by atoms with van der Waals surface area (Å²) < 4.78 is 0. The highest BCUT2D eigenvalue weighted by molar-refractivity contribution is 5.90. The van der Waals surface area contributed by atoms with E-state index in [1.54, 1.807) is 30.3 Å². The third-order valence-corrected chi connectivity index (χ3v) is 5.58. The van der Waals surface area contributed by atoms with E-state index in [0.29, 0.717) is 22.3 Å². The van der Waals surface area contributed by atoms with Crippen molar-refractivity contribution in [2.75, 3.05) is 0 Å². The van der Waals surface area contributed by atoms with Gasteiger partial charge in [-0.15, -0.1) is 12.8 Å². The molecule has 0 saturated heterocycles. The molecule has 4 aromatic rings. The molecule has 2 N–H and O–H groups in total. The molecule has 0 spiro atoms. The Morgan fingerprint density at radius 3 is 2.13 bits per heavy atom. The minimum atomic E-state index is -1.19. The highest BCUT2D eigenvalue weighted by Crippen LogP contribution is 2.41. The fourth-order valence-electron chi connectivity index (χ4n) is 4.07. The van der Waals surface area contributed by atoms with E-state index in [1.165, 1.54) is 0 Å². The average molecular weight is 389 g/mol. The third kappa shape index (κ3) is 2.85. The van der Waals surface area contributed by atoms with Crippen LogP contribution < -0.4 is 0 Å². The minimum absolute atomic E-state index is 0.119. The van der Waals surface area contributed by atoms with Crippen LogP contribution >= 0.6 is 0 Å². The average Bonchev–Trinajstić information content (AvgIpc) is 3.12. The number of phenolic OH excluding ortho intramolecular Hbond substituents is 1. The zero-order chi connectivity index (χ0) is 21.3. The number of aromatic amines is 1. The number of nitrogens with one attached hydrogen (secondary N) is 1. The molecule has 0 amide bonds. The topological polar surface area (TPSA) is 53.1 Å². The Morgan fingerprint density at radius 2 is 1.57 bits per heavy atom. The van der Waals surface area contributed by atoms with Crippen LogP contribution in [0, 0.1) is 31.6 Å². The molecule has 0 aliphatic carbocycles. The number of hydrogen-bond donors (Lipinski definition) is 2. The van der Waals surface area contributed by atoms with E-state index in [1.807, 2.05) is 43.3 Å². The number of carbonyl (C=O) groups excluding carboxylic acids is 1. The molecule has 144 valence electrons. The van der Waals surface area contributed by atoms with Crippen molar-refractivity contribution >= 4 is 17.2 Å². The maximum atomic E-state index is 13.0. The van der Waals surface area contributed by atoms with Gasteiger partial charge in [-0.25, -0.2) is 0 Å². The van der Waals surface area contributed by atoms with Crippen LogP contribution in [0.25, 0.3) is 10.9 Å². The fraction of sp³-hybridized carbons (Fsp3) is 0.0741. The van der Waals surface area contributed by atoms with Crippen LogP contribution in [0.2, 0.25) is 0 Å². The van der Waals surface area contributed by atoms with Crippen molar-refractivity contribution in [3.63, 3.8) is 0 Å². The molecular formula is C27H19NO2. The number of aromatic nitrogens is 1. The van der Waals surface area contributed by atoms with Gasteiger partial charge in [0.25, 0.3) is 0 Å². The normalized spacial score (nSPS) is 12.6. The highest BCUT2D eigenvalue weighted by atomic mass is 16.3. The lowest BCUT2D eigenvalue weighted by Crippen LogP contribution is -2.32. The summed E-state index contributed by atoms with van der Waals surface area (Å²) >= 11 is 0. The van der Waals surface area contributed by atoms with Crippen molar-refractivity contribution in [2.45, 2.75) is 12.3 Å². The molecule has 0 aliphatic rings. The first-order valence-electron chi connectivity index (χ1n) is 9.46. The van der Waals surface area contributed by atoms with Crippen LogP contribution in [-0.2, 0) is 10.2 Å². The summed E-state index contributed by atoms with van der Waals surface area (Å²) in [5.41, 5.74) is 4.00. The largest absolute Gasteiger partial charge is 0.508 e. The Labute approximate surface area is 175 Å². The Bertz CT molecular complexity index is 1310. The SMILES string of the molecule is C#Cc1cc(C#C)cc([C@](C=O)(c2ccc(O)cc2)c2[nH]c3ccccc3c2C)c1. The summed E-state index contributed by atoms with van der Waals surface area (Å²) in [6, 6.07) is 19.9. The molecular weight excluding hydrogens is 370 g/mol. The molecule has 0 unspecified atom stereocenters. The van der Waals surface area contributed by atoms with Crippen molar-refractivity contribution in [3.05, 3.63) is 100 Å². The van der Waals surface area contributed by atoms with Crippen molar-refractivity contribution in [1.82, 2.24) is 4.98 Å². The van der Waals surface area contributed by atoms with Gasteiger partial charge in [-0.3, -0.25) is 0 Å². The van der Waals surface area contributed by atoms with Gasteiger partial charge in [0.2, 0.25) is 0 Å². The zero-order valence-corrected chi connectivity index (χ0v) is 16.4. The van der Waals surface area contributed by atoms with E-state index in [0.717, 1.165) is 28.4 Å². The number of carbonyl (C=O) groups is 1. The second kappa shape index (κ2) is 7.32. The van der Waals surface area contributed by atoms with E-state index >= 15 is 0 Å². The minimum Gasteiger partial charge on any atom is -0.508 e. The lowest BCUT2D eigenvalue weighted by atomic mass is 9.71. The Morgan fingerprint density at radius 1 is 0.933 bits per heavy atom. The maximum Gasteiger partial charge on any atom is 0.140 e. The number of hydrogen-bond acceptors (Lipinski definition) is 2. The van der Waals surface area contributed by atoms with Crippen molar-refractivity contribution in [1.29, 1.82) is 0 Å². The Balaban J connectivity index is 2.14. The van der Waals surface area contributed by atoms with Crippen LogP contribution in [0.3, 0.4) is 0 Å². The standard InChI is InChI=1S/C27H19NO2/c1-4-19-14-20(5-2)16-22(15-19)27(17-29,21-10-12-23(30)13-11-21)26-18(3)24-8-6-7-9-25(24)28-26/h1-2,6-17,28,30H,3H3/t27-/m0/s1. The number of terminal acetylenes is 2. The molecule has 0 fully saturated rings. The van der Waals surface area contributed by atoms with Gasteiger partial charge in [0.1, 0.15) is 17.5 Å². The molecule has 0 bridgehead atoms. The number of phenols is 1. The highest BCUT2D eigenvalue weighted by Gasteiger charge is 2.40. The molecule has 3 nitrogen and oxygen atoms in total. The molecule has 30 heavy (non-hydrogen) atoms. The molecule has 1 atom stereocenters. The lowest BCUT2D eigenvalue weighted by Gasteiger charge is -2.30. The van der Waals surface area contributed by atoms with E-state index < -0.39 is 5.41 Å². The quantitative estimate of drug-likeness (QED) is 0.393. The first kappa shape index (κ1) is 19.1. The maximum absolute atomic E-state index is 13.0. The molecule has 1 aromatic heterocycles. The number of H-pyrrole nitrogens is 1. The van der Waals surface area contributed by atoms with Gasteiger partial charge in [-0.05, 0) is 60.0 Å². The molecule has 0 radical (unpaired) electrons. The van der Waals surface area contributed by atoms with Gasteiger partial charge in [0.15, 0.2) is 0 Å². The summed E-state index contributed by atoms with van der Waals surface area (Å²) in [7, 11) is 0. The summed E-state index contributed by atoms with van der Waals surface area (Å²) in [5, 5.41) is 10.9. The second-order valence-corrected chi connectivity index (χ2v) is 7.23. The molecule has 0 saturated carbocycles. The van der Waals surface area contributed by atoms with E-state index in [2.05, 4.69) is 16.8 Å². The zero-order valence-electron chi connectivity index (χ0n) is 16.4. The van der Waals surface area contributed by atoms with Crippen LogP contribution in [0.15, 0.2) is 66.7 Å². The van der Waals surface area contributed by atoms with Crippen molar-refractivity contribution in [3.8, 4) is 30.4 Å². The smallest absolute Gasteiger partial charge is 0.140 e. The summed E-state index contributed by atoms with van der Waals surface area (Å²) in [5.74, 6) is 5.38. The number of para-hydroxylation sites is 1. The molecule has 1 heterocycles. The van der Waals surface area contributed by atoms with Gasteiger partial charge in [0, 0.05) is 27.7 Å². The summed E-state index contributed by atoms with van der Waals surface area (Å²) in [4.78, 5) is 16.4. The van der Waals surface area contributed by atoms with E-state index in [4.69, 9.17) is 12.8 Å². The number of aryl methyl sites for hydroxylation is 1. The second-order valence-electron chi connectivity index (χ2n) is 7.23. The first-order valence-corrected chi connectivity index (χ1v) is 9.46. The van der Waals surface area contributed by atoms with Gasteiger partial charge >= 0.3 is 0 Å². The fourth-order valence-corrected chi connectivity index (χ4v) is 4.07. The van der Waals surface area contributed by atoms with Gasteiger partial charge in [-0.2, -0.15) is 0 Å². The Hall–Kier alpha value is -4.21. The van der Waals surface area contributed by atoms with Crippen LogP contribution in [-0.4, -0.2) is 16.4 Å². The molecule has 3 aromatic carbocycles. The van der Waals surface area contributed by atoms with E-state index in [9.17, 15) is 9.90 Å². The van der Waals surface area contributed by atoms with Gasteiger partial charge in [0.05, 0.1) is 0 Å². The Kier molecular flexibility index (Phi) is 4.66. The van der Waals surface area contributed by atoms with Crippen LogP contribution in [0.5, 0.6) is 5.75 Å². The number of fused-ring (bicyclic) bond motifs is 1. The van der Waals surface area contributed by atoms with Crippen LogP contribution in [0.1, 0.15) is 33.5 Å². The number of rotatable bonds is 4. The lowest BCUT2D eigenvalue weighted by molar-refractivity contribution is -0.110. The molecule has 0 aliphatic heterocycles. The van der Waals surface area contributed by atoms with Gasteiger partial charge < -0.3 is 14.9 Å². The first-order chi connectivity index (χ1) is 14.5. The number of aldehydes is 1. The predicted molar refractivity (Wildman–Crippen MR) is 119 cm³/mol. The number of benzene rings is 3. The van der Waals surface area contributed by atoms with Crippen molar-refractivity contribution in [2.24, 2.45) is 0 Å². The summed E-state index contributed by atoms with van der Waals surface area (Å²) in [6.45, 7) is 1.99. The predicted octanol–water partition coefficient (Wildman–Crippen LogP) is 4.68. The van der Waals surface area contributed by atoms with Gasteiger partial charge in [-0.1, -0.05) is 42.2 Å². The molecule has 3 heteroatoms. The van der Waals surface area contributed by atoms with Crippen LogP contribution in [0.4, 0.5) is 0 Å². The van der Waals surface area contributed by atoms with Crippen molar-refractivity contribution < 1.29 is 9.90 Å². The third-order valence-electron chi connectivity index (χ3n) is 5.58. The van der Waals surface area contributed by atoms with E-state index in [-0.39, 0.29) is 5.75 Å². The summed E-state index contributed by atoms with van der Waals surface area (Å²) in [6.07, 6.45) is 12.2.